The Labute approximate surface area is 88.3 Å². The predicted octanol–water partition coefficient (Wildman–Crippen LogP) is 1.79. The Kier molecular flexibility index (Phi) is 3.06. The van der Waals surface area contributed by atoms with Crippen molar-refractivity contribution in [3.05, 3.63) is 24.2 Å². The van der Waals surface area contributed by atoms with Gasteiger partial charge in [-0.3, -0.25) is 4.79 Å². The minimum Gasteiger partial charge on any atom is -0.481 e. The van der Waals surface area contributed by atoms with E-state index in [4.69, 9.17) is 9.52 Å². The molecule has 1 fully saturated rings. The lowest BCUT2D eigenvalue weighted by Gasteiger charge is -2.20. The van der Waals surface area contributed by atoms with Crippen LogP contribution in [0.3, 0.4) is 0 Å². The van der Waals surface area contributed by atoms with Gasteiger partial charge in [-0.2, -0.15) is 0 Å². The molecular formula is C11H15NO3. The van der Waals surface area contributed by atoms with Gasteiger partial charge in [0.15, 0.2) is 0 Å². The lowest BCUT2D eigenvalue weighted by Crippen LogP contribution is -2.31. The molecular weight excluding hydrogens is 194 g/mol. The summed E-state index contributed by atoms with van der Waals surface area (Å²) in [6.07, 6.45) is 4.29. The quantitative estimate of drug-likeness (QED) is 0.779. The maximum atomic E-state index is 11.1. The molecule has 0 bridgehead atoms. The van der Waals surface area contributed by atoms with Gasteiger partial charge in [0.05, 0.1) is 18.2 Å². The fourth-order valence-corrected chi connectivity index (χ4v) is 2.09. The molecule has 0 unspecified atom stereocenters. The van der Waals surface area contributed by atoms with Crippen molar-refractivity contribution in [1.82, 2.24) is 5.32 Å². The van der Waals surface area contributed by atoms with E-state index in [0.717, 1.165) is 25.1 Å². The minimum absolute atomic E-state index is 0.181. The predicted molar refractivity (Wildman–Crippen MR) is 54.4 cm³/mol. The Morgan fingerprint density at radius 1 is 1.53 bits per heavy atom. The molecule has 0 radical (unpaired) electrons. The molecule has 1 aromatic rings. The Hall–Kier alpha value is -1.29. The van der Waals surface area contributed by atoms with Gasteiger partial charge in [0, 0.05) is 0 Å². The number of carboxylic acid groups (broad SMARTS) is 1. The van der Waals surface area contributed by atoms with E-state index < -0.39 is 5.97 Å². The lowest BCUT2D eigenvalue weighted by atomic mass is 9.94. The van der Waals surface area contributed by atoms with Crippen LogP contribution in [0.15, 0.2) is 22.8 Å². The second-order valence-corrected chi connectivity index (χ2v) is 3.89. The largest absolute Gasteiger partial charge is 0.481 e. The zero-order valence-corrected chi connectivity index (χ0v) is 8.48. The summed E-state index contributed by atoms with van der Waals surface area (Å²) in [4.78, 5) is 11.1. The summed E-state index contributed by atoms with van der Waals surface area (Å²) in [6, 6.07) is 3.44. The van der Waals surface area contributed by atoms with Crippen LogP contribution in [-0.4, -0.2) is 17.6 Å². The van der Waals surface area contributed by atoms with Crippen molar-refractivity contribution in [1.29, 1.82) is 0 Å². The fourth-order valence-electron chi connectivity index (χ4n) is 2.09. The summed E-state index contributed by atoms with van der Waals surface area (Å²) >= 11 is 0. The highest BCUT2D eigenvalue weighted by Crippen LogP contribution is 2.29. The second-order valence-electron chi connectivity index (χ2n) is 3.89. The molecule has 82 valence electrons. The number of hydrogen-bond donors (Lipinski definition) is 2. The van der Waals surface area contributed by atoms with E-state index in [1.54, 1.807) is 12.3 Å². The second kappa shape index (κ2) is 4.49. The minimum atomic E-state index is -0.745. The Morgan fingerprint density at radius 2 is 2.40 bits per heavy atom. The zero-order valence-electron chi connectivity index (χ0n) is 8.48. The number of carboxylic acids is 1. The molecule has 1 saturated heterocycles. The van der Waals surface area contributed by atoms with Crippen molar-refractivity contribution in [2.75, 3.05) is 6.54 Å². The number of hydrogen-bond acceptors (Lipinski definition) is 3. The summed E-state index contributed by atoms with van der Waals surface area (Å²) < 4.78 is 5.28. The van der Waals surface area contributed by atoms with Gasteiger partial charge >= 0.3 is 5.97 Å². The first-order valence-corrected chi connectivity index (χ1v) is 5.28. The van der Waals surface area contributed by atoms with E-state index in [-0.39, 0.29) is 12.0 Å². The lowest BCUT2D eigenvalue weighted by molar-refractivity contribution is -0.143. The maximum absolute atomic E-state index is 11.1. The van der Waals surface area contributed by atoms with E-state index in [9.17, 15) is 4.79 Å². The van der Waals surface area contributed by atoms with Gasteiger partial charge in [0.25, 0.3) is 0 Å². The molecule has 1 aromatic heterocycles. The summed E-state index contributed by atoms with van der Waals surface area (Å²) in [5, 5.41) is 12.4. The molecule has 0 aromatic carbocycles. The van der Waals surface area contributed by atoms with Crippen LogP contribution in [0.4, 0.5) is 0 Å². The molecule has 0 saturated carbocycles. The van der Waals surface area contributed by atoms with Gasteiger partial charge in [-0.05, 0) is 31.5 Å². The third-order valence-electron chi connectivity index (χ3n) is 2.88. The molecule has 15 heavy (non-hydrogen) atoms. The third-order valence-corrected chi connectivity index (χ3v) is 2.88. The number of rotatable bonds is 2. The van der Waals surface area contributed by atoms with Crippen LogP contribution < -0.4 is 5.32 Å². The molecule has 1 aliphatic rings. The standard InChI is InChI=1S/C11H15NO3/c13-11(14)8-4-1-2-6-12-10(8)9-5-3-7-15-9/h3,5,7-8,10,12H,1-2,4,6H2,(H,13,14)/t8-,10-/m1/s1. The van der Waals surface area contributed by atoms with E-state index >= 15 is 0 Å². The van der Waals surface area contributed by atoms with Gasteiger partial charge < -0.3 is 14.8 Å². The SMILES string of the molecule is O=C(O)[C@@H]1CCCCN[C@H]1c1ccco1. The summed E-state index contributed by atoms with van der Waals surface area (Å²) in [7, 11) is 0. The molecule has 0 aliphatic carbocycles. The average Bonchev–Trinajstić information content (AvgIpc) is 2.61. The van der Waals surface area contributed by atoms with Crippen LogP contribution in [0.5, 0.6) is 0 Å². The van der Waals surface area contributed by atoms with E-state index in [1.165, 1.54) is 0 Å². The maximum Gasteiger partial charge on any atom is 0.308 e. The van der Waals surface area contributed by atoms with Gasteiger partial charge in [-0.1, -0.05) is 6.42 Å². The Morgan fingerprint density at radius 3 is 3.07 bits per heavy atom. The molecule has 1 aliphatic heterocycles. The summed E-state index contributed by atoms with van der Waals surface area (Å²) in [5.41, 5.74) is 0. The van der Waals surface area contributed by atoms with Crippen LogP contribution in [-0.2, 0) is 4.79 Å². The van der Waals surface area contributed by atoms with E-state index in [2.05, 4.69) is 5.32 Å². The van der Waals surface area contributed by atoms with Crippen molar-refractivity contribution in [3.63, 3.8) is 0 Å². The smallest absolute Gasteiger partial charge is 0.308 e. The highest BCUT2D eigenvalue weighted by atomic mass is 16.4. The first kappa shape index (κ1) is 10.2. The molecule has 2 atom stereocenters. The Balaban J connectivity index is 2.20. The van der Waals surface area contributed by atoms with Crippen molar-refractivity contribution in [3.8, 4) is 0 Å². The number of aliphatic carboxylic acids is 1. The number of nitrogens with one attached hydrogen (secondary N) is 1. The first-order valence-electron chi connectivity index (χ1n) is 5.28. The highest BCUT2D eigenvalue weighted by molar-refractivity contribution is 5.71. The molecule has 2 N–H and O–H groups in total. The summed E-state index contributed by atoms with van der Waals surface area (Å²) in [5.74, 6) is -0.395. The average molecular weight is 209 g/mol. The van der Waals surface area contributed by atoms with Crippen LogP contribution >= 0.6 is 0 Å². The van der Waals surface area contributed by atoms with E-state index in [1.807, 2.05) is 6.07 Å². The van der Waals surface area contributed by atoms with E-state index in [0.29, 0.717) is 6.42 Å². The fraction of sp³-hybridized carbons (Fsp3) is 0.545. The molecule has 4 nitrogen and oxygen atoms in total. The van der Waals surface area contributed by atoms with Crippen LogP contribution in [0.1, 0.15) is 31.1 Å². The first-order chi connectivity index (χ1) is 7.29. The topological polar surface area (TPSA) is 62.5 Å². The van der Waals surface area contributed by atoms with Gasteiger partial charge in [0.2, 0.25) is 0 Å². The van der Waals surface area contributed by atoms with Crippen LogP contribution in [0.2, 0.25) is 0 Å². The van der Waals surface area contributed by atoms with Crippen molar-refractivity contribution >= 4 is 5.97 Å². The van der Waals surface area contributed by atoms with Crippen molar-refractivity contribution in [2.24, 2.45) is 5.92 Å². The van der Waals surface area contributed by atoms with Gasteiger partial charge in [-0.25, -0.2) is 0 Å². The normalized spacial score (nSPS) is 27.2. The molecule has 4 heteroatoms. The number of carbonyl (C=O) groups is 1. The summed E-state index contributed by atoms with van der Waals surface area (Å²) in [6.45, 7) is 0.856. The molecule has 0 spiro atoms. The van der Waals surface area contributed by atoms with Gasteiger partial charge in [0.1, 0.15) is 5.76 Å². The van der Waals surface area contributed by atoms with Crippen molar-refractivity contribution in [2.45, 2.75) is 25.3 Å². The third kappa shape index (κ3) is 2.21. The monoisotopic (exact) mass is 209 g/mol. The Bertz CT molecular complexity index is 321. The van der Waals surface area contributed by atoms with Crippen LogP contribution in [0, 0.1) is 5.92 Å². The molecule has 2 rings (SSSR count). The van der Waals surface area contributed by atoms with Crippen molar-refractivity contribution < 1.29 is 14.3 Å². The molecule has 2 heterocycles. The van der Waals surface area contributed by atoms with Crippen LogP contribution in [0.25, 0.3) is 0 Å². The van der Waals surface area contributed by atoms with Gasteiger partial charge in [-0.15, -0.1) is 0 Å². The molecule has 0 amide bonds. The zero-order chi connectivity index (χ0) is 10.7. The highest BCUT2D eigenvalue weighted by Gasteiger charge is 2.31. The number of furan rings is 1.